The molecule has 3 heterocycles. The van der Waals surface area contributed by atoms with Gasteiger partial charge >= 0.3 is 5.63 Å². The molecule has 0 unspecified atom stereocenters. The number of carbonyl (C=O) groups is 1. The zero-order valence-corrected chi connectivity index (χ0v) is 17.1. The van der Waals surface area contributed by atoms with Crippen molar-refractivity contribution >= 4 is 33.7 Å². The first-order valence-corrected chi connectivity index (χ1v) is 9.99. The maximum absolute atomic E-state index is 12.6. The normalized spacial score (nSPS) is 11.2. The summed E-state index contributed by atoms with van der Waals surface area (Å²) in [7, 11) is 0. The molecule has 0 radical (unpaired) electrons. The van der Waals surface area contributed by atoms with Crippen molar-refractivity contribution in [3.63, 3.8) is 0 Å². The summed E-state index contributed by atoms with van der Waals surface area (Å²) in [6.45, 7) is 2.39. The number of amides is 1. The van der Waals surface area contributed by atoms with Gasteiger partial charge in [-0.05, 0) is 43.3 Å². The fraction of sp³-hybridized carbons (Fsp3) is 0.130. The minimum absolute atomic E-state index is 0.115. The molecule has 0 aliphatic heterocycles. The molecule has 5 aromatic rings. The van der Waals surface area contributed by atoms with Gasteiger partial charge in [-0.1, -0.05) is 17.3 Å². The van der Waals surface area contributed by atoms with Crippen LogP contribution >= 0.6 is 0 Å². The molecule has 0 saturated carbocycles. The molecule has 2 aromatic carbocycles. The summed E-state index contributed by atoms with van der Waals surface area (Å²) in [4.78, 5) is 24.9. The number of para-hydroxylation sites is 1. The average molecular weight is 430 g/mol. The Morgan fingerprint density at radius 2 is 1.94 bits per heavy atom. The fourth-order valence-electron chi connectivity index (χ4n) is 3.52. The monoisotopic (exact) mass is 430 g/mol. The van der Waals surface area contributed by atoms with Crippen LogP contribution in [0.2, 0.25) is 0 Å². The van der Waals surface area contributed by atoms with Gasteiger partial charge in [0.25, 0.3) is 0 Å². The summed E-state index contributed by atoms with van der Waals surface area (Å²) in [5.74, 6) is 0.600. The number of rotatable bonds is 6. The van der Waals surface area contributed by atoms with Crippen molar-refractivity contribution in [1.82, 2.24) is 14.9 Å². The third-order valence-electron chi connectivity index (χ3n) is 4.93. The van der Waals surface area contributed by atoms with Crippen molar-refractivity contribution in [2.75, 3.05) is 11.9 Å². The minimum Gasteiger partial charge on any atom is -0.494 e. The van der Waals surface area contributed by atoms with E-state index >= 15 is 0 Å². The van der Waals surface area contributed by atoms with Crippen molar-refractivity contribution in [3.05, 3.63) is 71.2 Å². The first-order chi connectivity index (χ1) is 15.6. The van der Waals surface area contributed by atoms with Crippen LogP contribution in [0.25, 0.3) is 33.1 Å². The second-order valence-electron chi connectivity index (χ2n) is 7.03. The average Bonchev–Trinajstić information content (AvgIpc) is 3.43. The van der Waals surface area contributed by atoms with E-state index in [0.717, 1.165) is 11.3 Å². The van der Waals surface area contributed by atoms with E-state index in [0.29, 0.717) is 34.2 Å². The van der Waals surface area contributed by atoms with Gasteiger partial charge in [0.1, 0.15) is 29.0 Å². The van der Waals surface area contributed by atoms with Crippen LogP contribution in [0.1, 0.15) is 6.92 Å². The Balaban J connectivity index is 1.36. The fourth-order valence-corrected chi connectivity index (χ4v) is 3.52. The molecule has 1 N–H and O–H groups in total. The van der Waals surface area contributed by atoms with Gasteiger partial charge in [-0.2, -0.15) is 5.10 Å². The van der Waals surface area contributed by atoms with E-state index in [4.69, 9.17) is 13.7 Å². The number of benzene rings is 2. The number of hydrogen-bond acceptors (Lipinski definition) is 7. The van der Waals surface area contributed by atoms with Gasteiger partial charge in [0.2, 0.25) is 11.8 Å². The van der Waals surface area contributed by atoms with Gasteiger partial charge in [0, 0.05) is 17.0 Å². The molecular formula is C23H18N4O5. The molecule has 0 aliphatic rings. The molecule has 160 valence electrons. The molecule has 0 atom stereocenters. The Bertz CT molecular complexity index is 1480. The molecule has 0 bridgehead atoms. The number of hydrogen-bond donors (Lipinski definition) is 1. The molecule has 0 aliphatic carbocycles. The van der Waals surface area contributed by atoms with Crippen LogP contribution in [-0.2, 0) is 11.3 Å². The van der Waals surface area contributed by atoms with Gasteiger partial charge < -0.3 is 13.7 Å². The molecule has 0 fully saturated rings. The van der Waals surface area contributed by atoms with Crippen molar-refractivity contribution < 1.29 is 18.5 Å². The summed E-state index contributed by atoms with van der Waals surface area (Å²) in [6.07, 6.45) is 1.40. The van der Waals surface area contributed by atoms with Crippen LogP contribution in [-0.4, -0.2) is 27.5 Å². The zero-order chi connectivity index (χ0) is 22.1. The van der Waals surface area contributed by atoms with E-state index in [1.165, 1.54) is 10.9 Å². The number of nitrogens with zero attached hydrogens (tertiary/aromatic N) is 3. The minimum atomic E-state index is -0.499. The lowest BCUT2D eigenvalue weighted by Gasteiger charge is -2.05. The van der Waals surface area contributed by atoms with E-state index in [-0.39, 0.29) is 18.3 Å². The van der Waals surface area contributed by atoms with E-state index < -0.39 is 5.63 Å². The lowest BCUT2D eigenvalue weighted by atomic mass is 10.1. The van der Waals surface area contributed by atoms with Gasteiger partial charge in [0.15, 0.2) is 0 Å². The quantitative estimate of drug-likeness (QED) is 0.407. The Hall–Kier alpha value is -4.40. The van der Waals surface area contributed by atoms with Gasteiger partial charge in [0.05, 0.1) is 18.3 Å². The second-order valence-corrected chi connectivity index (χ2v) is 7.03. The van der Waals surface area contributed by atoms with Crippen molar-refractivity contribution in [3.8, 4) is 17.0 Å². The van der Waals surface area contributed by atoms with Crippen molar-refractivity contribution in [2.45, 2.75) is 13.5 Å². The Morgan fingerprint density at radius 3 is 2.75 bits per heavy atom. The highest BCUT2D eigenvalue weighted by Crippen LogP contribution is 2.25. The third kappa shape index (κ3) is 3.60. The molecule has 9 nitrogen and oxygen atoms in total. The Morgan fingerprint density at radius 1 is 1.12 bits per heavy atom. The molecule has 32 heavy (non-hydrogen) atoms. The van der Waals surface area contributed by atoms with Crippen LogP contribution in [0.3, 0.4) is 0 Å². The van der Waals surface area contributed by atoms with Crippen LogP contribution < -0.4 is 15.7 Å². The Kier molecular flexibility index (Phi) is 4.91. The molecule has 0 spiro atoms. The number of fused-ring (bicyclic) bond motifs is 3. The van der Waals surface area contributed by atoms with Crippen LogP contribution in [0, 0.1) is 0 Å². The zero-order valence-electron chi connectivity index (χ0n) is 17.1. The summed E-state index contributed by atoms with van der Waals surface area (Å²) in [5.41, 5.74) is 1.88. The van der Waals surface area contributed by atoms with Crippen LogP contribution in [0.5, 0.6) is 5.75 Å². The standard InChI is InChI=1S/C23H18N4O5/c1-2-30-15-9-7-14(8-10-15)18-11-21(32-26-18)25-20(28)13-27-22-16-5-3-4-6-19(16)31-23(29)17(22)12-24-27/h3-12H,2,13H2,1H3,(H,25,28). The highest BCUT2D eigenvalue weighted by atomic mass is 16.5. The van der Waals surface area contributed by atoms with E-state index in [1.54, 1.807) is 18.2 Å². The number of carbonyl (C=O) groups excluding carboxylic acids is 1. The summed E-state index contributed by atoms with van der Waals surface area (Å²) in [5, 5.41) is 11.9. The smallest absolute Gasteiger partial charge is 0.347 e. The van der Waals surface area contributed by atoms with Crippen molar-refractivity contribution in [1.29, 1.82) is 0 Å². The number of nitrogens with one attached hydrogen (secondary N) is 1. The predicted octanol–water partition coefficient (Wildman–Crippen LogP) is 3.84. The first-order valence-electron chi connectivity index (χ1n) is 9.99. The highest BCUT2D eigenvalue weighted by molar-refractivity contribution is 6.02. The van der Waals surface area contributed by atoms with E-state index in [9.17, 15) is 9.59 Å². The van der Waals surface area contributed by atoms with E-state index in [2.05, 4.69) is 15.6 Å². The van der Waals surface area contributed by atoms with Gasteiger partial charge in [-0.15, -0.1) is 0 Å². The highest BCUT2D eigenvalue weighted by Gasteiger charge is 2.16. The van der Waals surface area contributed by atoms with Crippen LogP contribution in [0.15, 0.2) is 74.5 Å². The lowest BCUT2D eigenvalue weighted by molar-refractivity contribution is -0.117. The SMILES string of the molecule is CCOc1ccc(-c2cc(NC(=O)Cn3ncc4c(=O)oc5ccccc5c43)on2)cc1. The molecule has 5 rings (SSSR count). The van der Waals surface area contributed by atoms with E-state index in [1.807, 2.05) is 43.3 Å². The van der Waals surface area contributed by atoms with Crippen molar-refractivity contribution in [2.24, 2.45) is 0 Å². The maximum Gasteiger partial charge on any atom is 0.347 e. The first kappa shape index (κ1) is 19.6. The summed E-state index contributed by atoms with van der Waals surface area (Å²) < 4.78 is 17.5. The largest absolute Gasteiger partial charge is 0.494 e. The maximum atomic E-state index is 12.6. The predicted molar refractivity (Wildman–Crippen MR) is 118 cm³/mol. The number of ether oxygens (including phenoxy) is 1. The Labute approximate surface area is 181 Å². The second kappa shape index (κ2) is 8.03. The number of aromatic nitrogens is 3. The van der Waals surface area contributed by atoms with Gasteiger partial charge in [-0.25, -0.2) is 4.79 Å². The third-order valence-corrected chi connectivity index (χ3v) is 4.93. The molecule has 1 amide bonds. The molecule has 9 heteroatoms. The molecule has 0 saturated heterocycles. The summed E-state index contributed by atoms with van der Waals surface area (Å²) >= 11 is 0. The number of anilines is 1. The summed E-state index contributed by atoms with van der Waals surface area (Å²) in [6, 6.07) is 16.2. The molecular weight excluding hydrogens is 412 g/mol. The lowest BCUT2D eigenvalue weighted by Crippen LogP contribution is -2.19. The topological polar surface area (TPSA) is 112 Å². The van der Waals surface area contributed by atoms with Gasteiger partial charge in [-0.3, -0.25) is 14.8 Å². The molecule has 3 aromatic heterocycles. The van der Waals surface area contributed by atoms with Crippen LogP contribution in [0.4, 0.5) is 5.88 Å².